The van der Waals surface area contributed by atoms with Crippen molar-refractivity contribution < 1.29 is 19.1 Å². The minimum atomic E-state index is -0.920. The predicted octanol–water partition coefficient (Wildman–Crippen LogP) is 2.59. The Kier molecular flexibility index (Phi) is 7.01. The number of rotatable bonds is 3. The Morgan fingerprint density at radius 3 is 2.06 bits per heavy atom. The van der Waals surface area contributed by atoms with E-state index in [0.717, 1.165) is 13.1 Å². The molecular weight excluding hydrogens is 480 g/mol. The quantitative estimate of drug-likeness (QED) is 0.634. The molecule has 8 nitrogen and oxygen atoms in total. The maximum Gasteiger partial charge on any atom is 0.256 e. The second-order valence-corrected chi connectivity index (χ2v) is 10.2. The van der Waals surface area contributed by atoms with Crippen molar-refractivity contribution in [2.24, 2.45) is 0 Å². The van der Waals surface area contributed by atoms with Crippen LogP contribution in [-0.2, 0) is 9.53 Å². The van der Waals surface area contributed by atoms with Gasteiger partial charge in [0.2, 0.25) is 5.91 Å². The third-order valence-corrected chi connectivity index (χ3v) is 7.78. The third kappa shape index (κ3) is 4.73. The van der Waals surface area contributed by atoms with Gasteiger partial charge in [-0.2, -0.15) is 0 Å². The molecule has 9 heteroatoms. The van der Waals surface area contributed by atoms with Crippen LogP contribution in [0.25, 0.3) is 0 Å². The van der Waals surface area contributed by atoms with Crippen LogP contribution in [0.3, 0.4) is 0 Å². The molecule has 3 amide bonds. The molecule has 1 spiro atoms. The van der Waals surface area contributed by atoms with Crippen LogP contribution in [-0.4, -0.2) is 102 Å². The van der Waals surface area contributed by atoms with Crippen molar-refractivity contribution in [1.82, 2.24) is 19.6 Å². The van der Waals surface area contributed by atoms with Crippen molar-refractivity contribution in [2.45, 2.75) is 24.6 Å². The van der Waals surface area contributed by atoms with E-state index in [1.807, 2.05) is 30.1 Å². The van der Waals surface area contributed by atoms with Crippen LogP contribution in [0.1, 0.15) is 33.6 Å². The average Bonchev–Trinajstić information content (AvgIpc) is 3.27. The molecule has 190 valence electrons. The number of amides is 3. The number of hydrogen-bond donors (Lipinski definition) is 0. The summed E-state index contributed by atoms with van der Waals surface area (Å²) < 4.78 is 6.32. The highest BCUT2D eigenvalue weighted by Crippen LogP contribution is 2.39. The molecule has 0 bridgehead atoms. The number of hydrogen-bond acceptors (Lipinski definition) is 5. The first-order chi connectivity index (χ1) is 17.4. The summed E-state index contributed by atoms with van der Waals surface area (Å²) in [4.78, 5) is 48.0. The maximum atomic E-state index is 13.8. The van der Waals surface area contributed by atoms with Gasteiger partial charge in [-0.15, -0.1) is 0 Å². The van der Waals surface area contributed by atoms with E-state index in [0.29, 0.717) is 55.2 Å². The molecule has 3 aliphatic rings. The highest BCUT2D eigenvalue weighted by Gasteiger charge is 2.55. The highest BCUT2D eigenvalue weighted by molar-refractivity contribution is 6.30. The Morgan fingerprint density at radius 1 is 0.806 bits per heavy atom. The van der Waals surface area contributed by atoms with Gasteiger partial charge in [0.25, 0.3) is 11.8 Å². The van der Waals surface area contributed by atoms with Crippen molar-refractivity contribution in [1.29, 1.82) is 0 Å². The Labute approximate surface area is 216 Å². The van der Waals surface area contributed by atoms with Crippen LogP contribution in [0.15, 0.2) is 54.6 Å². The minimum absolute atomic E-state index is 0.0658. The van der Waals surface area contributed by atoms with Crippen molar-refractivity contribution in [3.63, 3.8) is 0 Å². The lowest BCUT2D eigenvalue weighted by atomic mass is 9.96. The Morgan fingerprint density at radius 2 is 1.42 bits per heavy atom. The van der Waals surface area contributed by atoms with Crippen LogP contribution in [0.2, 0.25) is 5.02 Å². The van der Waals surface area contributed by atoms with Crippen molar-refractivity contribution >= 4 is 29.3 Å². The number of nitrogens with zero attached hydrogens (tertiary/aromatic N) is 4. The summed E-state index contributed by atoms with van der Waals surface area (Å²) in [5.41, 5.74) is 0.178. The first-order valence-corrected chi connectivity index (χ1v) is 12.8. The van der Waals surface area contributed by atoms with Gasteiger partial charge in [0.15, 0.2) is 0 Å². The largest absolute Gasteiger partial charge is 0.353 e. The van der Waals surface area contributed by atoms with E-state index in [-0.39, 0.29) is 24.3 Å². The summed E-state index contributed by atoms with van der Waals surface area (Å²) in [6, 6.07) is 15.2. The highest BCUT2D eigenvalue weighted by atomic mass is 35.5. The molecule has 0 aromatic heterocycles. The maximum absolute atomic E-state index is 13.8. The fourth-order valence-corrected chi connectivity index (χ4v) is 5.47. The van der Waals surface area contributed by atoms with Gasteiger partial charge in [-0.3, -0.25) is 19.3 Å². The van der Waals surface area contributed by atoms with Gasteiger partial charge < -0.3 is 19.4 Å². The fraction of sp³-hybridized carbons (Fsp3) is 0.444. The molecule has 1 unspecified atom stereocenters. The first-order valence-electron chi connectivity index (χ1n) is 12.4. The SMILES string of the molecule is CN1CCN(C(=O)C2COC3(CCN(C(=O)c4ccc(Cl)cc4)CC3)N2C(=O)c2ccccc2)CC1. The number of benzene rings is 2. The average molecular weight is 511 g/mol. The molecule has 3 saturated heterocycles. The van der Waals surface area contributed by atoms with E-state index >= 15 is 0 Å². The van der Waals surface area contributed by atoms with Crippen LogP contribution in [0.4, 0.5) is 0 Å². The molecule has 36 heavy (non-hydrogen) atoms. The van der Waals surface area contributed by atoms with E-state index in [1.54, 1.807) is 46.2 Å². The van der Waals surface area contributed by atoms with Gasteiger partial charge in [-0.25, -0.2) is 0 Å². The number of ether oxygens (including phenoxy) is 1. The van der Waals surface area contributed by atoms with Crippen LogP contribution in [0.5, 0.6) is 0 Å². The number of carbonyl (C=O) groups excluding carboxylic acids is 3. The zero-order valence-electron chi connectivity index (χ0n) is 20.4. The summed E-state index contributed by atoms with van der Waals surface area (Å²) >= 11 is 5.97. The number of halogens is 1. The molecule has 0 saturated carbocycles. The molecule has 3 fully saturated rings. The van der Waals surface area contributed by atoms with Crippen LogP contribution < -0.4 is 0 Å². The molecule has 0 N–H and O–H groups in total. The molecule has 2 aromatic carbocycles. The van der Waals surface area contributed by atoms with Gasteiger partial charge in [-0.05, 0) is 43.4 Å². The molecule has 3 heterocycles. The van der Waals surface area contributed by atoms with Gasteiger partial charge in [0.05, 0.1) is 6.61 Å². The molecule has 5 rings (SSSR count). The second-order valence-electron chi connectivity index (χ2n) is 9.74. The van der Waals surface area contributed by atoms with Crippen molar-refractivity contribution in [2.75, 3.05) is 52.9 Å². The van der Waals surface area contributed by atoms with Gasteiger partial charge in [0, 0.05) is 68.3 Å². The van der Waals surface area contributed by atoms with Gasteiger partial charge in [-0.1, -0.05) is 29.8 Å². The lowest BCUT2D eigenvalue weighted by Gasteiger charge is -2.45. The Hall–Kier alpha value is -2.94. The lowest BCUT2D eigenvalue weighted by molar-refractivity contribution is -0.139. The Balaban J connectivity index is 1.37. The number of likely N-dealkylation sites (N-methyl/N-ethyl adjacent to an activating group) is 1. The second kappa shape index (κ2) is 10.2. The summed E-state index contributed by atoms with van der Waals surface area (Å²) in [5, 5.41) is 0.578. The fourth-order valence-electron chi connectivity index (χ4n) is 5.35. The van der Waals surface area contributed by atoms with E-state index < -0.39 is 11.8 Å². The monoisotopic (exact) mass is 510 g/mol. The van der Waals surface area contributed by atoms with Crippen molar-refractivity contribution in [3.05, 3.63) is 70.7 Å². The summed E-state index contributed by atoms with van der Waals surface area (Å²) in [7, 11) is 2.04. The normalized spacial score (nSPS) is 22.2. The number of carbonyl (C=O) groups is 3. The van der Waals surface area contributed by atoms with Crippen molar-refractivity contribution in [3.8, 4) is 0 Å². The van der Waals surface area contributed by atoms with Crippen LogP contribution in [0, 0.1) is 0 Å². The van der Waals surface area contributed by atoms with Gasteiger partial charge >= 0.3 is 0 Å². The van der Waals surface area contributed by atoms with E-state index in [2.05, 4.69) is 4.90 Å². The molecule has 1 atom stereocenters. The third-order valence-electron chi connectivity index (χ3n) is 7.52. The van der Waals surface area contributed by atoms with Gasteiger partial charge in [0.1, 0.15) is 11.8 Å². The van der Waals surface area contributed by atoms with E-state index in [4.69, 9.17) is 16.3 Å². The first kappa shape index (κ1) is 24.7. The number of piperazine rings is 1. The predicted molar refractivity (Wildman–Crippen MR) is 136 cm³/mol. The minimum Gasteiger partial charge on any atom is -0.353 e. The molecule has 0 aliphatic carbocycles. The van der Waals surface area contributed by atoms with Crippen LogP contribution >= 0.6 is 11.6 Å². The van der Waals surface area contributed by atoms with E-state index in [1.165, 1.54) is 0 Å². The summed E-state index contributed by atoms with van der Waals surface area (Å²) in [5.74, 6) is -0.354. The standard InChI is InChI=1S/C27H31ClN4O4/c1-29-15-17-31(18-16-29)26(35)23-19-36-27(32(23)25(34)20-5-3-2-4-6-20)11-13-30(14-12-27)24(33)21-7-9-22(28)10-8-21/h2-10,23H,11-19H2,1H3. The molecule has 2 aromatic rings. The van der Waals surface area contributed by atoms with E-state index in [9.17, 15) is 14.4 Å². The summed E-state index contributed by atoms with van der Waals surface area (Å²) in [6.45, 7) is 3.89. The zero-order valence-corrected chi connectivity index (χ0v) is 21.2. The topological polar surface area (TPSA) is 73.4 Å². The zero-order chi connectivity index (χ0) is 25.3. The molecule has 0 radical (unpaired) electrons. The lowest BCUT2D eigenvalue weighted by Crippen LogP contribution is -2.61. The number of likely N-dealkylation sites (tertiary alicyclic amines) is 1. The molecular formula is C27H31ClN4O4. The molecule has 3 aliphatic heterocycles. The number of piperidine rings is 1. The summed E-state index contributed by atoms with van der Waals surface area (Å²) in [6.07, 6.45) is 0.884. The Bertz CT molecular complexity index is 1110. The smallest absolute Gasteiger partial charge is 0.256 e.